The summed E-state index contributed by atoms with van der Waals surface area (Å²) in [5.41, 5.74) is 10.3. The Hall–Kier alpha value is -0.820. The molecule has 1 aliphatic carbocycles. The fraction of sp³-hybridized carbons (Fsp3) is 0.500. The molecule has 0 fully saturated rings. The van der Waals surface area contributed by atoms with E-state index >= 15 is 0 Å². The standard InChI is InChI=1S/C12H17N/c1-2-9-6-7-11-10(8-9)4-3-5-12(11)13/h6-8,12H,2-5,13H2,1H3/t12-/m1/s1. The van der Waals surface area contributed by atoms with Gasteiger partial charge >= 0.3 is 0 Å². The number of hydrogen-bond acceptors (Lipinski definition) is 1. The molecule has 0 heterocycles. The number of nitrogens with two attached hydrogens (primary N) is 1. The Bertz CT molecular complexity index is 304. The Balaban J connectivity index is 2.39. The Morgan fingerprint density at radius 3 is 3.08 bits per heavy atom. The lowest BCUT2D eigenvalue weighted by atomic mass is 9.87. The summed E-state index contributed by atoms with van der Waals surface area (Å²) in [6.07, 6.45) is 4.75. The minimum Gasteiger partial charge on any atom is -0.324 e. The predicted molar refractivity (Wildman–Crippen MR) is 55.7 cm³/mol. The van der Waals surface area contributed by atoms with E-state index in [4.69, 9.17) is 5.73 Å². The first-order valence-electron chi connectivity index (χ1n) is 5.18. The number of benzene rings is 1. The van der Waals surface area contributed by atoms with Crippen molar-refractivity contribution in [2.24, 2.45) is 5.73 Å². The van der Waals surface area contributed by atoms with Gasteiger partial charge in [0, 0.05) is 6.04 Å². The van der Waals surface area contributed by atoms with Crippen molar-refractivity contribution >= 4 is 0 Å². The maximum Gasteiger partial charge on any atom is 0.0297 e. The average Bonchev–Trinajstić information content (AvgIpc) is 2.18. The highest BCUT2D eigenvalue weighted by molar-refractivity contribution is 5.35. The first-order valence-corrected chi connectivity index (χ1v) is 5.18. The van der Waals surface area contributed by atoms with Gasteiger partial charge in [-0.25, -0.2) is 0 Å². The van der Waals surface area contributed by atoms with E-state index in [1.165, 1.54) is 29.5 Å². The first-order chi connectivity index (χ1) is 6.31. The van der Waals surface area contributed by atoms with Crippen molar-refractivity contribution in [3.63, 3.8) is 0 Å². The topological polar surface area (TPSA) is 26.0 Å². The second-order valence-corrected chi connectivity index (χ2v) is 3.89. The average molecular weight is 175 g/mol. The van der Waals surface area contributed by atoms with E-state index in [9.17, 15) is 0 Å². The maximum atomic E-state index is 6.04. The van der Waals surface area contributed by atoms with Crippen molar-refractivity contribution in [3.8, 4) is 0 Å². The molecule has 1 aliphatic rings. The van der Waals surface area contributed by atoms with Crippen LogP contribution in [0.4, 0.5) is 0 Å². The van der Waals surface area contributed by atoms with Crippen molar-refractivity contribution in [2.75, 3.05) is 0 Å². The van der Waals surface area contributed by atoms with Gasteiger partial charge in [0.05, 0.1) is 0 Å². The third-order valence-electron chi connectivity index (χ3n) is 2.98. The van der Waals surface area contributed by atoms with E-state index in [1.807, 2.05) is 0 Å². The van der Waals surface area contributed by atoms with Crippen LogP contribution in [0.3, 0.4) is 0 Å². The largest absolute Gasteiger partial charge is 0.324 e. The van der Waals surface area contributed by atoms with Gasteiger partial charge in [-0.3, -0.25) is 0 Å². The number of aryl methyl sites for hydroxylation is 2. The normalized spacial score (nSPS) is 21.2. The van der Waals surface area contributed by atoms with Gasteiger partial charge in [0.1, 0.15) is 0 Å². The zero-order valence-corrected chi connectivity index (χ0v) is 8.22. The third kappa shape index (κ3) is 1.61. The summed E-state index contributed by atoms with van der Waals surface area (Å²) < 4.78 is 0. The van der Waals surface area contributed by atoms with Gasteiger partial charge < -0.3 is 5.73 Å². The van der Waals surface area contributed by atoms with E-state index in [0.29, 0.717) is 0 Å². The summed E-state index contributed by atoms with van der Waals surface area (Å²) in [4.78, 5) is 0. The molecule has 0 aliphatic heterocycles. The molecule has 1 nitrogen and oxygen atoms in total. The Morgan fingerprint density at radius 1 is 1.46 bits per heavy atom. The highest BCUT2D eigenvalue weighted by Crippen LogP contribution is 2.28. The molecular formula is C12H17N. The Labute approximate surface area is 80.0 Å². The first kappa shape index (κ1) is 8.76. The Kier molecular flexibility index (Phi) is 2.36. The van der Waals surface area contributed by atoms with Crippen LogP contribution < -0.4 is 5.73 Å². The van der Waals surface area contributed by atoms with E-state index in [-0.39, 0.29) is 6.04 Å². The van der Waals surface area contributed by atoms with Gasteiger partial charge in [-0.15, -0.1) is 0 Å². The second-order valence-electron chi connectivity index (χ2n) is 3.89. The van der Waals surface area contributed by atoms with Crippen molar-refractivity contribution in [1.29, 1.82) is 0 Å². The van der Waals surface area contributed by atoms with Crippen LogP contribution in [0.25, 0.3) is 0 Å². The summed E-state index contributed by atoms with van der Waals surface area (Å²) >= 11 is 0. The molecule has 1 aromatic carbocycles. The Morgan fingerprint density at radius 2 is 2.31 bits per heavy atom. The summed E-state index contributed by atoms with van der Waals surface area (Å²) in [5, 5.41) is 0. The zero-order valence-electron chi connectivity index (χ0n) is 8.22. The SMILES string of the molecule is CCc1ccc2c(c1)CCC[C@H]2N. The monoisotopic (exact) mass is 175 g/mol. The maximum absolute atomic E-state index is 6.04. The summed E-state index contributed by atoms with van der Waals surface area (Å²) in [6.45, 7) is 2.20. The van der Waals surface area contributed by atoms with Gasteiger partial charge in [0.25, 0.3) is 0 Å². The van der Waals surface area contributed by atoms with Crippen LogP contribution in [0.15, 0.2) is 18.2 Å². The molecule has 0 unspecified atom stereocenters. The summed E-state index contributed by atoms with van der Waals surface area (Å²) in [6, 6.07) is 7.05. The number of rotatable bonds is 1. The molecule has 13 heavy (non-hydrogen) atoms. The molecule has 1 atom stereocenters. The van der Waals surface area contributed by atoms with Crippen molar-refractivity contribution in [2.45, 2.75) is 38.6 Å². The minimum atomic E-state index is 0.287. The lowest BCUT2D eigenvalue weighted by Crippen LogP contribution is -2.17. The van der Waals surface area contributed by atoms with Crippen LogP contribution in [0.5, 0.6) is 0 Å². The van der Waals surface area contributed by atoms with E-state index < -0.39 is 0 Å². The van der Waals surface area contributed by atoms with E-state index in [1.54, 1.807) is 0 Å². The van der Waals surface area contributed by atoms with Crippen molar-refractivity contribution < 1.29 is 0 Å². The molecule has 0 saturated carbocycles. The lowest BCUT2D eigenvalue weighted by Gasteiger charge is -2.22. The van der Waals surface area contributed by atoms with Crippen molar-refractivity contribution in [1.82, 2.24) is 0 Å². The fourth-order valence-corrected chi connectivity index (χ4v) is 2.13. The number of hydrogen-bond donors (Lipinski definition) is 1. The molecular weight excluding hydrogens is 158 g/mol. The molecule has 2 rings (SSSR count). The van der Waals surface area contributed by atoms with E-state index in [0.717, 1.165) is 12.8 Å². The smallest absolute Gasteiger partial charge is 0.0297 e. The summed E-state index contributed by atoms with van der Waals surface area (Å²) in [7, 11) is 0. The second kappa shape index (κ2) is 3.51. The highest BCUT2D eigenvalue weighted by atomic mass is 14.6. The molecule has 0 radical (unpaired) electrons. The van der Waals surface area contributed by atoms with E-state index in [2.05, 4.69) is 25.1 Å². The van der Waals surface area contributed by atoms with Crippen LogP contribution in [0.1, 0.15) is 42.5 Å². The van der Waals surface area contributed by atoms with Crippen LogP contribution >= 0.6 is 0 Å². The quantitative estimate of drug-likeness (QED) is 0.697. The molecule has 0 spiro atoms. The minimum absolute atomic E-state index is 0.287. The van der Waals surface area contributed by atoms with Crippen LogP contribution in [0, 0.1) is 0 Å². The van der Waals surface area contributed by atoms with Crippen LogP contribution in [-0.4, -0.2) is 0 Å². The van der Waals surface area contributed by atoms with Gasteiger partial charge in [0.2, 0.25) is 0 Å². The number of fused-ring (bicyclic) bond motifs is 1. The predicted octanol–water partition coefficient (Wildman–Crippen LogP) is 2.59. The fourth-order valence-electron chi connectivity index (χ4n) is 2.13. The van der Waals surface area contributed by atoms with Gasteiger partial charge in [0.15, 0.2) is 0 Å². The van der Waals surface area contributed by atoms with Gasteiger partial charge in [-0.2, -0.15) is 0 Å². The third-order valence-corrected chi connectivity index (χ3v) is 2.98. The molecule has 2 N–H and O–H groups in total. The zero-order chi connectivity index (χ0) is 9.26. The molecule has 70 valence electrons. The molecule has 0 saturated heterocycles. The van der Waals surface area contributed by atoms with Gasteiger partial charge in [-0.1, -0.05) is 25.1 Å². The van der Waals surface area contributed by atoms with Gasteiger partial charge in [-0.05, 0) is 42.4 Å². The molecule has 1 heteroatoms. The van der Waals surface area contributed by atoms with Crippen LogP contribution in [0.2, 0.25) is 0 Å². The lowest BCUT2D eigenvalue weighted by molar-refractivity contribution is 0.570. The molecule has 0 amide bonds. The van der Waals surface area contributed by atoms with Crippen LogP contribution in [-0.2, 0) is 12.8 Å². The molecule has 1 aromatic rings. The highest BCUT2D eigenvalue weighted by Gasteiger charge is 2.15. The molecule has 0 aromatic heterocycles. The van der Waals surface area contributed by atoms with Crippen molar-refractivity contribution in [3.05, 3.63) is 34.9 Å². The molecule has 0 bridgehead atoms. The summed E-state index contributed by atoms with van der Waals surface area (Å²) in [5.74, 6) is 0.